The van der Waals surface area contributed by atoms with Gasteiger partial charge >= 0.3 is 0 Å². The van der Waals surface area contributed by atoms with E-state index in [1.165, 1.54) is 30.3 Å². The minimum absolute atomic E-state index is 0.0408. The average molecular weight is 616 g/mol. The molecule has 5 rings (SSSR count). The molecule has 9 heteroatoms. The molecule has 4 atom stereocenters. The number of carbonyl (C=O) groups is 3. The molecule has 2 aliphatic rings. The van der Waals surface area contributed by atoms with Crippen LogP contribution in [0.4, 0.5) is 4.39 Å². The Morgan fingerprint density at radius 2 is 1.44 bits per heavy atom. The van der Waals surface area contributed by atoms with Crippen LogP contribution < -0.4 is 0 Å². The maximum atomic E-state index is 15.0. The lowest BCUT2D eigenvalue weighted by Gasteiger charge is -2.44. The lowest BCUT2D eigenvalue weighted by atomic mass is 9.67. The van der Waals surface area contributed by atoms with Crippen molar-refractivity contribution < 1.29 is 29.0 Å². The molecular formula is C36H42FN3O5. The normalized spacial score (nSPS) is 20.9. The largest absolute Gasteiger partial charge is 0.508 e. The molecule has 3 aromatic rings. The molecular weight excluding hydrogens is 573 g/mol. The minimum atomic E-state index is -0.723. The van der Waals surface area contributed by atoms with Gasteiger partial charge in [-0.1, -0.05) is 36.4 Å². The van der Waals surface area contributed by atoms with Crippen LogP contribution in [0.1, 0.15) is 57.0 Å². The molecule has 0 saturated carbocycles. The van der Waals surface area contributed by atoms with E-state index in [0.29, 0.717) is 54.7 Å². The topological polar surface area (TPSA) is 101 Å². The average Bonchev–Trinajstić information content (AvgIpc) is 2.98. The van der Waals surface area contributed by atoms with Gasteiger partial charge in [-0.25, -0.2) is 4.39 Å². The summed E-state index contributed by atoms with van der Waals surface area (Å²) in [6, 6.07) is 16.8. The lowest BCUT2D eigenvalue weighted by Crippen LogP contribution is -2.52. The molecule has 2 N–H and O–H groups in total. The summed E-state index contributed by atoms with van der Waals surface area (Å²) in [4.78, 5) is 47.5. The van der Waals surface area contributed by atoms with Gasteiger partial charge in [-0.2, -0.15) is 0 Å². The van der Waals surface area contributed by atoms with E-state index >= 15 is 0 Å². The summed E-state index contributed by atoms with van der Waals surface area (Å²) in [6.45, 7) is 4.44. The highest BCUT2D eigenvalue weighted by molar-refractivity contribution is 6.02. The summed E-state index contributed by atoms with van der Waals surface area (Å²) in [5.74, 6) is -2.94. The van der Waals surface area contributed by atoms with E-state index in [0.717, 1.165) is 19.5 Å². The fourth-order valence-electron chi connectivity index (χ4n) is 6.84. The second-order valence-corrected chi connectivity index (χ2v) is 12.6. The third kappa shape index (κ3) is 7.10. The number of halogens is 1. The molecule has 0 radical (unpaired) electrons. The first-order valence-electron chi connectivity index (χ1n) is 15.6. The maximum Gasteiger partial charge on any atom is 0.239 e. The number of phenolic OH excluding ortho intramolecular Hbond substituents is 2. The van der Waals surface area contributed by atoms with Gasteiger partial charge in [0.15, 0.2) is 11.6 Å². The Balaban J connectivity index is 1.50. The van der Waals surface area contributed by atoms with Gasteiger partial charge in [0.1, 0.15) is 17.3 Å². The fraction of sp³-hybridized carbons (Fsp3) is 0.417. The zero-order valence-corrected chi connectivity index (χ0v) is 26.2. The summed E-state index contributed by atoms with van der Waals surface area (Å²) in [5, 5.41) is 20.4. The van der Waals surface area contributed by atoms with Crippen LogP contribution in [0.2, 0.25) is 0 Å². The number of hydrogen-bond donors (Lipinski definition) is 2. The fourth-order valence-corrected chi connectivity index (χ4v) is 6.84. The van der Waals surface area contributed by atoms with Gasteiger partial charge in [0, 0.05) is 55.1 Å². The number of aromatic hydroxyl groups is 2. The molecule has 45 heavy (non-hydrogen) atoms. The number of hydrogen-bond acceptors (Lipinski definition) is 7. The van der Waals surface area contributed by atoms with E-state index in [1.54, 1.807) is 43.3 Å². The number of rotatable bonds is 11. The summed E-state index contributed by atoms with van der Waals surface area (Å²) in [5.41, 5.74) is 1.62. The van der Waals surface area contributed by atoms with Crippen molar-refractivity contribution in [3.63, 3.8) is 0 Å². The van der Waals surface area contributed by atoms with Gasteiger partial charge in [-0.05, 0) is 88.3 Å². The van der Waals surface area contributed by atoms with Crippen LogP contribution in [-0.2, 0) is 4.79 Å². The first-order chi connectivity index (χ1) is 21.5. The number of amides is 1. The highest BCUT2D eigenvalue weighted by atomic mass is 19.1. The number of likely N-dealkylation sites (tertiary alicyclic amines) is 2. The van der Waals surface area contributed by atoms with Crippen LogP contribution in [0.15, 0.2) is 66.7 Å². The molecule has 3 aromatic carbocycles. The minimum Gasteiger partial charge on any atom is -0.508 e. The molecule has 1 amide bonds. The predicted molar refractivity (Wildman–Crippen MR) is 170 cm³/mol. The van der Waals surface area contributed by atoms with Crippen molar-refractivity contribution >= 4 is 17.5 Å². The molecule has 238 valence electrons. The van der Waals surface area contributed by atoms with Crippen molar-refractivity contribution in [1.82, 2.24) is 14.7 Å². The van der Waals surface area contributed by atoms with Gasteiger partial charge in [-0.15, -0.1) is 0 Å². The zero-order valence-electron chi connectivity index (χ0n) is 26.2. The Labute approximate surface area is 264 Å². The molecule has 0 aromatic heterocycles. The Kier molecular flexibility index (Phi) is 9.99. The van der Waals surface area contributed by atoms with Gasteiger partial charge in [0.25, 0.3) is 0 Å². The van der Waals surface area contributed by atoms with E-state index in [2.05, 4.69) is 4.90 Å². The molecule has 0 aliphatic carbocycles. The summed E-state index contributed by atoms with van der Waals surface area (Å²) >= 11 is 0. The Morgan fingerprint density at radius 3 is 1.93 bits per heavy atom. The smallest absolute Gasteiger partial charge is 0.239 e. The second kappa shape index (κ2) is 13.9. The third-order valence-electron chi connectivity index (χ3n) is 9.41. The molecule has 2 heterocycles. The van der Waals surface area contributed by atoms with Gasteiger partial charge in [0.05, 0.1) is 6.04 Å². The van der Waals surface area contributed by atoms with Crippen molar-refractivity contribution in [2.24, 2.45) is 11.8 Å². The van der Waals surface area contributed by atoms with E-state index in [1.807, 2.05) is 23.9 Å². The zero-order chi connectivity index (χ0) is 32.2. The molecule has 2 aliphatic heterocycles. The molecule has 0 bridgehead atoms. The second-order valence-electron chi connectivity index (χ2n) is 12.6. The molecule has 0 spiro atoms. The molecule has 2 fully saturated rings. The highest BCUT2D eigenvalue weighted by Gasteiger charge is 2.45. The van der Waals surface area contributed by atoms with Crippen molar-refractivity contribution in [1.29, 1.82) is 0 Å². The highest BCUT2D eigenvalue weighted by Crippen LogP contribution is 2.43. The van der Waals surface area contributed by atoms with E-state index in [-0.39, 0.29) is 35.0 Å². The first kappa shape index (κ1) is 32.3. The van der Waals surface area contributed by atoms with Crippen LogP contribution in [0.5, 0.6) is 11.5 Å². The number of Topliss-reactive ketones (excluding diaryl/α,β-unsaturated/α-hetero) is 2. The van der Waals surface area contributed by atoms with Crippen LogP contribution in [0, 0.1) is 24.6 Å². The number of phenols is 2. The third-order valence-corrected chi connectivity index (χ3v) is 9.41. The summed E-state index contributed by atoms with van der Waals surface area (Å²) in [6.07, 6.45) is 2.32. The van der Waals surface area contributed by atoms with Crippen LogP contribution in [0.3, 0.4) is 0 Å². The maximum absolute atomic E-state index is 15.0. The first-order valence-corrected chi connectivity index (χ1v) is 15.6. The quantitative estimate of drug-likeness (QED) is 0.297. The Hall–Kier alpha value is -4.08. The monoisotopic (exact) mass is 615 g/mol. The van der Waals surface area contributed by atoms with Crippen molar-refractivity contribution in [2.75, 3.05) is 46.8 Å². The van der Waals surface area contributed by atoms with Crippen LogP contribution in [0.25, 0.3) is 0 Å². The molecule has 2 saturated heterocycles. The van der Waals surface area contributed by atoms with Gasteiger partial charge in [-0.3, -0.25) is 19.3 Å². The number of benzene rings is 3. The number of likely N-dealkylation sites (N-methyl/N-ethyl adjacent to an activating group) is 1. The number of piperidine rings is 1. The standard InChI is InChI=1S/C36H42FN3O5/c1-23-28(13-6-14-31(23)37)33-29(34(43)24-9-4-11-26(41)19-24)21-39(22-30(33)35(44)25-10-5-12-27(42)20-25)16-7-15-32(38(2)3)36(45)40-17-8-18-40/h4-6,9-14,19-20,29-30,32-33,41-42H,7-8,15-18,21-22H2,1-3H3/t29-,30+,32-,33?/m0/s1. The number of nitrogens with zero attached hydrogens (tertiary/aromatic N) is 3. The van der Waals surface area contributed by atoms with Crippen LogP contribution in [-0.4, -0.2) is 95.2 Å². The summed E-state index contributed by atoms with van der Waals surface area (Å²) < 4.78 is 15.0. The molecule has 8 nitrogen and oxygen atoms in total. The van der Waals surface area contributed by atoms with E-state index < -0.39 is 23.6 Å². The molecule has 1 unspecified atom stereocenters. The SMILES string of the molecule is Cc1c(F)cccc1C1[C@@H](C(=O)c2cccc(O)c2)CN(CCC[C@@H](C(=O)N2CCC2)N(C)C)C[C@H]1C(=O)c1cccc(O)c1. The van der Waals surface area contributed by atoms with Gasteiger partial charge < -0.3 is 20.0 Å². The van der Waals surface area contributed by atoms with Crippen molar-refractivity contribution in [3.05, 3.63) is 94.8 Å². The Bertz CT molecular complexity index is 1490. The Morgan fingerprint density at radius 1 is 0.889 bits per heavy atom. The lowest BCUT2D eigenvalue weighted by molar-refractivity contribution is -0.139. The van der Waals surface area contributed by atoms with E-state index in [4.69, 9.17) is 0 Å². The van der Waals surface area contributed by atoms with E-state index in [9.17, 15) is 29.0 Å². The van der Waals surface area contributed by atoms with Crippen molar-refractivity contribution in [3.8, 4) is 11.5 Å². The summed E-state index contributed by atoms with van der Waals surface area (Å²) in [7, 11) is 3.81. The van der Waals surface area contributed by atoms with Crippen molar-refractivity contribution in [2.45, 2.75) is 38.1 Å². The predicted octanol–water partition coefficient (Wildman–Crippen LogP) is 4.89. The number of ketones is 2. The number of carbonyl (C=O) groups excluding carboxylic acids is 3. The van der Waals surface area contributed by atoms with Gasteiger partial charge in [0.2, 0.25) is 5.91 Å². The van der Waals surface area contributed by atoms with Crippen LogP contribution >= 0.6 is 0 Å².